The van der Waals surface area contributed by atoms with Crippen molar-refractivity contribution in [1.29, 1.82) is 0 Å². The van der Waals surface area contributed by atoms with Crippen LogP contribution in [0, 0.1) is 0 Å². The Labute approximate surface area is 137 Å². The molecule has 116 valence electrons. The van der Waals surface area contributed by atoms with E-state index in [9.17, 15) is 9.59 Å². The normalized spacial score (nSPS) is 17.6. The fraction of sp³-hybridized carbons (Fsp3) is 0.375. The molecule has 1 N–H and O–H groups in total. The Kier molecular flexibility index (Phi) is 4.90. The van der Waals surface area contributed by atoms with E-state index >= 15 is 0 Å². The van der Waals surface area contributed by atoms with Crippen LogP contribution in [0.5, 0.6) is 0 Å². The van der Waals surface area contributed by atoms with E-state index in [-0.39, 0.29) is 17.9 Å². The summed E-state index contributed by atoms with van der Waals surface area (Å²) in [6.07, 6.45) is 2.44. The third kappa shape index (κ3) is 3.39. The fourth-order valence-electron chi connectivity index (χ4n) is 2.80. The first-order valence-corrected chi connectivity index (χ1v) is 9.21. The Morgan fingerprint density at radius 1 is 1.32 bits per heavy atom. The van der Waals surface area contributed by atoms with Gasteiger partial charge in [-0.1, -0.05) is 6.07 Å². The molecule has 1 fully saturated rings. The molecule has 0 aliphatic carbocycles. The number of thiophene rings is 2. The molecule has 0 aromatic carbocycles. The van der Waals surface area contributed by atoms with Crippen molar-refractivity contribution in [1.82, 2.24) is 10.2 Å². The molecule has 1 atom stereocenters. The van der Waals surface area contributed by atoms with Gasteiger partial charge in [-0.25, -0.2) is 0 Å². The Balaban J connectivity index is 1.50. The third-order valence-electron chi connectivity index (χ3n) is 3.87. The summed E-state index contributed by atoms with van der Waals surface area (Å²) in [4.78, 5) is 26.9. The summed E-state index contributed by atoms with van der Waals surface area (Å²) < 4.78 is 0. The van der Waals surface area contributed by atoms with Crippen LogP contribution in [0.15, 0.2) is 34.3 Å². The van der Waals surface area contributed by atoms with Crippen molar-refractivity contribution in [2.45, 2.75) is 25.3 Å². The van der Waals surface area contributed by atoms with E-state index in [0.29, 0.717) is 17.8 Å². The molecule has 3 rings (SSSR count). The van der Waals surface area contributed by atoms with Gasteiger partial charge in [-0.2, -0.15) is 11.3 Å². The summed E-state index contributed by atoms with van der Waals surface area (Å²) in [7, 11) is 0. The number of likely N-dealkylation sites (tertiary alicyclic amines) is 1. The molecule has 6 heteroatoms. The van der Waals surface area contributed by atoms with E-state index in [1.807, 2.05) is 16.3 Å². The molecule has 0 unspecified atom stereocenters. The molecule has 0 spiro atoms. The van der Waals surface area contributed by atoms with Crippen LogP contribution in [0.1, 0.15) is 40.5 Å². The summed E-state index contributed by atoms with van der Waals surface area (Å²) >= 11 is 3.07. The number of carbonyl (C=O) groups is 2. The largest absolute Gasteiger partial charge is 0.351 e. The zero-order valence-corrected chi connectivity index (χ0v) is 13.8. The van der Waals surface area contributed by atoms with Crippen LogP contribution < -0.4 is 5.32 Å². The van der Waals surface area contributed by atoms with E-state index in [1.165, 1.54) is 16.9 Å². The van der Waals surface area contributed by atoms with Gasteiger partial charge in [0.15, 0.2) is 0 Å². The van der Waals surface area contributed by atoms with Gasteiger partial charge in [0.1, 0.15) is 0 Å². The average molecular weight is 334 g/mol. The number of hydrogen-bond donors (Lipinski definition) is 1. The van der Waals surface area contributed by atoms with Gasteiger partial charge >= 0.3 is 0 Å². The highest BCUT2D eigenvalue weighted by molar-refractivity contribution is 7.12. The predicted molar refractivity (Wildman–Crippen MR) is 89.3 cm³/mol. The smallest absolute Gasteiger partial charge is 0.261 e. The second-order valence-corrected chi connectivity index (χ2v) is 7.01. The molecule has 1 aliphatic rings. The molecule has 22 heavy (non-hydrogen) atoms. The molecular weight excluding hydrogens is 316 g/mol. The van der Waals surface area contributed by atoms with E-state index < -0.39 is 0 Å². The van der Waals surface area contributed by atoms with Gasteiger partial charge in [0.05, 0.1) is 10.9 Å². The minimum atomic E-state index is -0.0985. The van der Waals surface area contributed by atoms with E-state index in [2.05, 4.69) is 22.1 Å². The van der Waals surface area contributed by atoms with Gasteiger partial charge in [0.2, 0.25) is 5.91 Å². The van der Waals surface area contributed by atoms with Crippen molar-refractivity contribution in [2.75, 3.05) is 13.1 Å². The van der Waals surface area contributed by atoms with E-state index in [0.717, 1.165) is 19.4 Å². The second kappa shape index (κ2) is 7.07. The van der Waals surface area contributed by atoms with Crippen LogP contribution in [0.4, 0.5) is 0 Å². The molecule has 0 bridgehead atoms. The lowest BCUT2D eigenvalue weighted by atomic mass is 10.1. The summed E-state index contributed by atoms with van der Waals surface area (Å²) in [5.41, 5.74) is 1.23. The fourth-order valence-corrected chi connectivity index (χ4v) is 4.14. The number of nitrogens with zero attached hydrogens (tertiary/aromatic N) is 1. The first-order valence-electron chi connectivity index (χ1n) is 7.39. The molecular formula is C16H18N2O2S2. The van der Waals surface area contributed by atoms with Gasteiger partial charge < -0.3 is 10.2 Å². The molecule has 0 radical (unpaired) electrons. The van der Waals surface area contributed by atoms with Crippen LogP contribution in [0.3, 0.4) is 0 Å². The molecule has 2 aromatic rings. The molecule has 1 saturated heterocycles. The lowest BCUT2D eigenvalue weighted by Crippen LogP contribution is -2.34. The van der Waals surface area contributed by atoms with Gasteiger partial charge in [0.25, 0.3) is 5.91 Å². The molecule has 0 saturated carbocycles. The number of carbonyl (C=O) groups excluding carboxylic acids is 2. The van der Waals surface area contributed by atoms with Crippen LogP contribution >= 0.6 is 22.7 Å². The highest BCUT2D eigenvalue weighted by Gasteiger charge is 2.29. The number of rotatable bonds is 5. The van der Waals surface area contributed by atoms with Gasteiger partial charge in [-0.3, -0.25) is 9.59 Å². The zero-order chi connectivity index (χ0) is 15.4. The number of hydrogen-bond acceptors (Lipinski definition) is 4. The van der Waals surface area contributed by atoms with Crippen LogP contribution in [0.2, 0.25) is 0 Å². The average Bonchev–Trinajstić information content (AvgIpc) is 3.26. The van der Waals surface area contributed by atoms with E-state index in [1.54, 1.807) is 17.4 Å². The van der Waals surface area contributed by atoms with Gasteiger partial charge in [-0.05, 0) is 46.7 Å². The third-order valence-corrected chi connectivity index (χ3v) is 5.44. The van der Waals surface area contributed by atoms with Crippen LogP contribution in [-0.2, 0) is 4.79 Å². The standard InChI is InChI=1S/C16H18N2O2S2/c19-15(5-7-17-16(20)14-4-2-9-22-14)18-8-1-3-13(18)12-6-10-21-11-12/h2,4,6,9-11,13H,1,3,5,7-8H2,(H,17,20)/t13-/m0/s1. The Morgan fingerprint density at radius 2 is 2.23 bits per heavy atom. The lowest BCUT2D eigenvalue weighted by Gasteiger charge is -2.24. The maximum absolute atomic E-state index is 12.4. The maximum Gasteiger partial charge on any atom is 0.261 e. The highest BCUT2D eigenvalue weighted by Crippen LogP contribution is 2.33. The van der Waals surface area contributed by atoms with Crippen molar-refractivity contribution >= 4 is 34.5 Å². The molecule has 4 nitrogen and oxygen atoms in total. The van der Waals surface area contributed by atoms with Crippen molar-refractivity contribution in [3.63, 3.8) is 0 Å². The summed E-state index contributed by atoms with van der Waals surface area (Å²) in [5.74, 6) is 0.0267. The predicted octanol–water partition coefficient (Wildman–Crippen LogP) is 3.29. The first-order chi connectivity index (χ1) is 10.8. The lowest BCUT2D eigenvalue weighted by molar-refractivity contribution is -0.132. The molecule has 2 aromatic heterocycles. The summed E-state index contributed by atoms with van der Waals surface area (Å²) in [5, 5.41) is 8.86. The van der Waals surface area contributed by atoms with Gasteiger partial charge in [-0.15, -0.1) is 11.3 Å². The highest BCUT2D eigenvalue weighted by atomic mass is 32.1. The zero-order valence-electron chi connectivity index (χ0n) is 12.2. The molecule has 2 amide bonds. The molecule has 1 aliphatic heterocycles. The number of amides is 2. The van der Waals surface area contributed by atoms with Gasteiger partial charge in [0, 0.05) is 19.5 Å². The minimum Gasteiger partial charge on any atom is -0.351 e. The van der Waals surface area contributed by atoms with Crippen LogP contribution in [-0.4, -0.2) is 29.8 Å². The summed E-state index contributed by atoms with van der Waals surface area (Å²) in [6.45, 7) is 1.21. The maximum atomic E-state index is 12.4. The topological polar surface area (TPSA) is 49.4 Å². The Morgan fingerprint density at radius 3 is 2.95 bits per heavy atom. The van der Waals surface area contributed by atoms with Crippen LogP contribution in [0.25, 0.3) is 0 Å². The van der Waals surface area contributed by atoms with Crippen molar-refractivity contribution in [3.05, 3.63) is 44.8 Å². The van der Waals surface area contributed by atoms with Crippen molar-refractivity contribution in [2.24, 2.45) is 0 Å². The van der Waals surface area contributed by atoms with Crippen molar-refractivity contribution in [3.8, 4) is 0 Å². The Bertz CT molecular complexity index is 623. The molecule has 3 heterocycles. The minimum absolute atomic E-state index is 0.0985. The van der Waals surface area contributed by atoms with Crippen molar-refractivity contribution < 1.29 is 9.59 Å². The quantitative estimate of drug-likeness (QED) is 0.912. The summed E-state index contributed by atoms with van der Waals surface area (Å²) in [6, 6.07) is 5.95. The second-order valence-electron chi connectivity index (χ2n) is 5.29. The first kappa shape index (κ1) is 15.2. The monoisotopic (exact) mass is 334 g/mol. The SMILES string of the molecule is O=C(NCCC(=O)N1CCC[C@H]1c1ccsc1)c1cccs1. The Hall–Kier alpha value is -1.66. The van der Waals surface area contributed by atoms with E-state index in [4.69, 9.17) is 0 Å². The number of nitrogens with one attached hydrogen (secondary N) is 1.